The van der Waals surface area contributed by atoms with E-state index in [9.17, 15) is 19.2 Å². The van der Waals surface area contributed by atoms with Gasteiger partial charge in [-0.05, 0) is 61.2 Å². The van der Waals surface area contributed by atoms with E-state index in [0.29, 0.717) is 29.5 Å². The van der Waals surface area contributed by atoms with Gasteiger partial charge in [-0.1, -0.05) is 25.0 Å². The molecule has 294 valence electrons. The van der Waals surface area contributed by atoms with Crippen molar-refractivity contribution in [1.29, 1.82) is 0 Å². The molecule has 57 heavy (non-hydrogen) atoms. The van der Waals surface area contributed by atoms with E-state index in [-0.39, 0.29) is 31.0 Å². The van der Waals surface area contributed by atoms with E-state index in [4.69, 9.17) is 14.2 Å². The summed E-state index contributed by atoms with van der Waals surface area (Å²) in [4.78, 5) is 62.1. The molecule has 0 radical (unpaired) electrons. The number of aromatic nitrogens is 3. The molecule has 3 aliphatic heterocycles. The van der Waals surface area contributed by atoms with E-state index in [1.165, 1.54) is 16.4 Å². The molecule has 4 aliphatic rings. The average molecular weight is 771 g/mol. The van der Waals surface area contributed by atoms with Crippen LogP contribution in [0.1, 0.15) is 72.1 Å². The number of nitrogens with zero attached hydrogens (tertiary/aromatic N) is 5. The summed E-state index contributed by atoms with van der Waals surface area (Å²) in [5, 5.41) is 4.58. The fourth-order valence-corrected chi connectivity index (χ4v) is 8.48. The second-order valence-electron chi connectivity index (χ2n) is 15.7. The van der Waals surface area contributed by atoms with Crippen molar-refractivity contribution in [3.63, 3.8) is 0 Å². The minimum atomic E-state index is -0.961. The highest BCUT2D eigenvalue weighted by Crippen LogP contribution is 2.35. The summed E-state index contributed by atoms with van der Waals surface area (Å²) in [5.41, 5.74) is 5.98. The fourth-order valence-electron chi connectivity index (χ4n) is 8.48. The number of ether oxygens (including phenoxy) is 3. The Kier molecular flexibility index (Phi) is 10.2. The van der Waals surface area contributed by atoms with Gasteiger partial charge in [-0.15, -0.1) is 0 Å². The van der Waals surface area contributed by atoms with Crippen LogP contribution in [0.2, 0.25) is 0 Å². The zero-order valence-electron chi connectivity index (χ0n) is 32.0. The number of fused-ring (bicyclic) bond motifs is 4. The number of unbranched alkanes of at least 4 members (excludes halogenated alkanes) is 3. The number of rotatable bonds is 15. The number of benzene rings is 2. The van der Waals surface area contributed by atoms with Gasteiger partial charge in [0.1, 0.15) is 12.1 Å². The van der Waals surface area contributed by atoms with Crippen LogP contribution in [0.5, 0.6) is 5.88 Å². The van der Waals surface area contributed by atoms with Crippen LogP contribution < -0.4 is 15.0 Å². The van der Waals surface area contributed by atoms with Crippen molar-refractivity contribution in [2.45, 2.75) is 69.6 Å². The van der Waals surface area contributed by atoms with E-state index in [1.807, 2.05) is 36.8 Å². The van der Waals surface area contributed by atoms with Gasteiger partial charge in [0.2, 0.25) is 17.7 Å². The van der Waals surface area contributed by atoms with Crippen LogP contribution in [-0.2, 0) is 26.1 Å². The second kappa shape index (κ2) is 15.7. The smallest absolute Gasteiger partial charge is 0.262 e. The lowest BCUT2D eigenvalue weighted by Gasteiger charge is -2.41. The third-order valence-corrected chi connectivity index (χ3v) is 11.9. The van der Waals surface area contributed by atoms with Crippen LogP contribution in [0.15, 0.2) is 73.2 Å². The van der Waals surface area contributed by atoms with Gasteiger partial charge in [0.25, 0.3) is 11.8 Å². The van der Waals surface area contributed by atoms with Crippen LogP contribution in [-0.4, -0.2) is 94.2 Å². The molecule has 9 rings (SSSR count). The van der Waals surface area contributed by atoms with Gasteiger partial charge in [0.15, 0.2) is 0 Å². The number of carbonyl (C=O) groups is 4. The Morgan fingerprint density at radius 2 is 1.60 bits per heavy atom. The Hall–Kier alpha value is -5.66. The lowest BCUT2D eigenvalue weighted by Crippen LogP contribution is -2.54. The zero-order valence-corrected chi connectivity index (χ0v) is 32.0. The number of carbonyl (C=O) groups excluding carboxylic acids is 4. The summed E-state index contributed by atoms with van der Waals surface area (Å²) in [6, 6.07) is 16.9. The van der Waals surface area contributed by atoms with Crippen molar-refractivity contribution in [3.05, 3.63) is 84.3 Å². The van der Waals surface area contributed by atoms with Gasteiger partial charge < -0.3 is 23.7 Å². The van der Waals surface area contributed by atoms with E-state index >= 15 is 0 Å². The average Bonchev–Trinajstić information content (AvgIpc) is 3.61. The first-order valence-electron chi connectivity index (χ1n) is 20.1. The molecule has 0 bridgehead atoms. The van der Waals surface area contributed by atoms with Gasteiger partial charge in [0.05, 0.1) is 29.4 Å². The third-order valence-electron chi connectivity index (χ3n) is 11.9. The largest absolute Gasteiger partial charge is 0.474 e. The highest BCUT2D eigenvalue weighted by molar-refractivity contribution is 6.23. The summed E-state index contributed by atoms with van der Waals surface area (Å²) >= 11 is 0. The number of aryl methyl sites for hydroxylation is 1. The molecule has 2 aromatic carbocycles. The Bertz CT molecular complexity index is 2350. The lowest BCUT2D eigenvalue weighted by molar-refractivity contribution is -0.136. The Morgan fingerprint density at radius 3 is 2.40 bits per heavy atom. The topological polar surface area (TPSA) is 145 Å². The molecule has 5 aromatic rings. The van der Waals surface area contributed by atoms with E-state index in [2.05, 4.69) is 56.1 Å². The normalized spacial score (nSPS) is 20.9. The first-order chi connectivity index (χ1) is 27.8. The van der Waals surface area contributed by atoms with Crippen molar-refractivity contribution >= 4 is 51.1 Å². The molecule has 1 N–H and O–H groups in total. The Balaban J connectivity index is 0.618. The molecule has 0 spiro atoms. The van der Waals surface area contributed by atoms with Crippen LogP contribution in [0.3, 0.4) is 0 Å². The number of amides is 4. The van der Waals surface area contributed by atoms with Crippen molar-refractivity contribution in [2.75, 3.05) is 37.8 Å². The van der Waals surface area contributed by atoms with E-state index < -0.39 is 23.8 Å². The quantitative estimate of drug-likeness (QED) is 0.102. The summed E-state index contributed by atoms with van der Waals surface area (Å²) < 4.78 is 20.4. The Labute approximate surface area is 330 Å². The van der Waals surface area contributed by atoms with Crippen molar-refractivity contribution in [3.8, 4) is 17.0 Å². The number of pyridine rings is 2. The second-order valence-corrected chi connectivity index (χ2v) is 15.7. The molecule has 13 heteroatoms. The molecule has 6 heterocycles. The van der Waals surface area contributed by atoms with E-state index in [1.54, 1.807) is 12.1 Å². The van der Waals surface area contributed by atoms with Crippen molar-refractivity contribution in [2.24, 2.45) is 13.0 Å². The molecule has 4 amide bonds. The number of nitrogens with one attached hydrogen (secondary N) is 1. The number of hydrogen-bond donors (Lipinski definition) is 1. The van der Waals surface area contributed by atoms with Crippen LogP contribution in [0, 0.1) is 5.92 Å². The van der Waals surface area contributed by atoms with Gasteiger partial charge in [-0.2, -0.15) is 0 Å². The minimum Gasteiger partial charge on any atom is -0.474 e. The van der Waals surface area contributed by atoms with E-state index in [0.717, 1.165) is 91.9 Å². The van der Waals surface area contributed by atoms with Gasteiger partial charge in [-0.25, -0.2) is 4.98 Å². The SMILES string of the molecule is Cn1c2ccncc2c2ccc(-c3ccc(O[C@H]4C[C@H](OCCCCCCOCC5CN(c6ccc7c(c6)C(=O)N(C6CCC(=O)NC6=O)C7=O)C5)C4)nc3)cc21. The fraction of sp³-hybridized carbons (Fsp3) is 0.409. The van der Waals surface area contributed by atoms with Crippen LogP contribution in [0.25, 0.3) is 32.9 Å². The van der Waals surface area contributed by atoms with Crippen molar-refractivity contribution in [1.82, 2.24) is 24.8 Å². The maximum absolute atomic E-state index is 13.2. The summed E-state index contributed by atoms with van der Waals surface area (Å²) in [6.07, 6.45) is 12.3. The van der Waals surface area contributed by atoms with Gasteiger partial charge in [-0.3, -0.25) is 34.4 Å². The number of piperidine rings is 1. The maximum Gasteiger partial charge on any atom is 0.262 e. The van der Waals surface area contributed by atoms with Crippen LogP contribution >= 0.6 is 0 Å². The standard InChI is InChI=1S/C44H46N6O7/c1-48-37-14-15-45-23-36(37)33-9-6-28(18-39(33)48)29-7-13-41(46-22-29)57-32-20-31(21-32)56-17-5-3-2-4-16-55-26-27-24-49(25-27)30-8-10-34-35(19-30)44(54)50(43(34)53)38-11-12-40(51)47-42(38)52/h6-10,13-15,18-19,22-23,27,31-32,38H,2-5,11-12,16-17,20-21,24-26H2,1H3,(H,47,51,52)/t31-,32-,38?. The lowest BCUT2D eigenvalue weighted by atomic mass is 9.92. The monoisotopic (exact) mass is 770 g/mol. The third kappa shape index (κ3) is 7.37. The van der Waals surface area contributed by atoms with Crippen LogP contribution in [0.4, 0.5) is 5.69 Å². The summed E-state index contributed by atoms with van der Waals surface area (Å²) in [5.74, 6) is -0.911. The molecule has 1 unspecified atom stereocenters. The minimum absolute atomic E-state index is 0.0989. The molecular weight excluding hydrogens is 725 g/mol. The predicted octanol–water partition coefficient (Wildman–Crippen LogP) is 5.83. The van der Waals surface area contributed by atoms with Crippen molar-refractivity contribution < 1.29 is 33.4 Å². The zero-order chi connectivity index (χ0) is 39.0. The summed E-state index contributed by atoms with van der Waals surface area (Å²) in [7, 11) is 2.09. The molecule has 1 atom stereocenters. The molecule has 13 nitrogen and oxygen atoms in total. The first kappa shape index (κ1) is 36.9. The molecule has 3 aromatic heterocycles. The van der Waals surface area contributed by atoms with Gasteiger partial charge >= 0.3 is 0 Å². The first-order valence-corrected chi connectivity index (χ1v) is 20.1. The number of hydrogen-bond acceptors (Lipinski definition) is 10. The molecule has 1 aliphatic carbocycles. The maximum atomic E-state index is 13.2. The number of anilines is 1. The molecule has 2 saturated heterocycles. The Morgan fingerprint density at radius 1 is 0.789 bits per heavy atom. The summed E-state index contributed by atoms with van der Waals surface area (Å²) in [6.45, 7) is 3.81. The number of imide groups is 2. The molecule has 1 saturated carbocycles. The highest BCUT2D eigenvalue weighted by Gasteiger charge is 2.45. The molecular formula is C44H46N6O7. The predicted molar refractivity (Wildman–Crippen MR) is 213 cm³/mol. The van der Waals surface area contributed by atoms with Gasteiger partial charge in [0, 0.05) is 111 Å². The highest BCUT2D eigenvalue weighted by atomic mass is 16.5. The molecule has 3 fully saturated rings.